The molecule has 0 aromatic heterocycles. The second-order valence-electron chi connectivity index (χ2n) is 6.90. The molecule has 1 aromatic rings. The smallest absolute Gasteiger partial charge is 0.241 e. The normalized spacial score (nSPS) is 14.1. The summed E-state index contributed by atoms with van der Waals surface area (Å²) in [5.41, 5.74) is 0.922. The molecular formula is C16H24NO4S-. The number of benzene rings is 1. The summed E-state index contributed by atoms with van der Waals surface area (Å²) in [6, 6.07) is 5.23. The Labute approximate surface area is 132 Å². The lowest BCUT2D eigenvalue weighted by Gasteiger charge is -2.22. The van der Waals surface area contributed by atoms with Crippen LogP contribution in [0, 0.1) is 5.92 Å². The van der Waals surface area contributed by atoms with E-state index in [2.05, 4.69) is 4.72 Å². The van der Waals surface area contributed by atoms with E-state index >= 15 is 0 Å². The molecule has 0 heterocycles. The Morgan fingerprint density at radius 1 is 1.18 bits per heavy atom. The number of aliphatic carboxylic acids is 1. The topological polar surface area (TPSA) is 86.3 Å². The molecule has 0 radical (unpaired) electrons. The Kier molecular flexibility index (Phi) is 5.76. The molecule has 0 fully saturated rings. The molecule has 1 N–H and O–H groups in total. The third-order valence-electron chi connectivity index (χ3n) is 3.32. The second-order valence-corrected chi connectivity index (χ2v) is 8.61. The fourth-order valence-electron chi connectivity index (χ4n) is 2.05. The maximum absolute atomic E-state index is 12.3. The van der Waals surface area contributed by atoms with Gasteiger partial charge in [0.1, 0.15) is 0 Å². The quantitative estimate of drug-likeness (QED) is 0.857. The molecule has 0 saturated heterocycles. The molecule has 1 aromatic carbocycles. The first-order valence-electron chi connectivity index (χ1n) is 7.27. The Morgan fingerprint density at radius 2 is 1.68 bits per heavy atom. The third-order valence-corrected chi connectivity index (χ3v) is 4.81. The Balaban J connectivity index is 3.01. The predicted molar refractivity (Wildman–Crippen MR) is 83.7 cm³/mol. The highest BCUT2D eigenvalue weighted by Gasteiger charge is 2.22. The van der Waals surface area contributed by atoms with Gasteiger partial charge < -0.3 is 9.90 Å². The molecular weight excluding hydrogens is 302 g/mol. The molecule has 0 spiro atoms. The van der Waals surface area contributed by atoms with Crippen molar-refractivity contribution < 1.29 is 18.3 Å². The molecule has 0 saturated carbocycles. The summed E-state index contributed by atoms with van der Waals surface area (Å²) in [5.74, 6) is -1.38. The lowest BCUT2D eigenvalue weighted by Crippen LogP contribution is -2.48. The van der Waals surface area contributed by atoms with Crippen LogP contribution in [0.15, 0.2) is 29.2 Å². The van der Waals surface area contributed by atoms with Crippen LogP contribution in [-0.4, -0.2) is 20.4 Å². The summed E-state index contributed by atoms with van der Waals surface area (Å²) in [6.07, 6.45) is 0.182. The zero-order valence-corrected chi connectivity index (χ0v) is 14.5. The van der Waals surface area contributed by atoms with Crippen molar-refractivity contribution in [2.45, 2.75) is 57.4 Å². The second kappa shape index (κ2) is 6.79. The minimum Gasteiger partial charge on any atom is -0.548 e. The van der Waals surface area contributed by atoms with Gasteiger partial charge in [0.15, 0.2) is 0 Å². The van der Waals surface area contributed by atoms with Crippen molar-refractivity contribution in [1.29, 1.82) is 0 Å². The van der Waals surface area contributed by atoms with Gasteiger partial charge >= 0.3 is 0 Å². The molecule has 1 rings (SSSR count). The fourth-order valence-corrected chi connectivity index (χ4v) is 3.25. The van der Waals surface area contributed by atoms with Gasteiger partial charge in [-0.15, -0.1) is 0 Å². The molecule has 0 amide bonds. The van der Waals surface area contributed by atoms with Gasteiger partial charge in [-0.3, -0.25) is 0 Å². The first kappa shape index (κ1) is 18.6. The van der Waals surface area contributed by atoms with E-state index in [0.29, 0.717) is 0 Å². The van der Waals surface area contributed by atoms with Crippen molar-refractivity contribution in [3.8, 4) is 0 Å². The molecule has 0 aliphatic carbocycles. The zero-order chi connectivity index (χ0) is 17.1. The van der Waals surface area contributed by atoms with Crippen molar-refractivity contribution in [3.63, 3.8) is 0 Å². The van der Waals surface area contributed by atoms with E-state index in [9.17, 15) is 18.3 Å². The van der Waals surface area contributed by atoms with Crippen molar-refractivity contribution in [1.82, 2.24) is 4.72 Å². The van der Waals surface area contributed by atoms with Crippen molar-refractivity contribution >= 4 is 16.0 Å². The van der Waals surface area contributed by atoms with E-state index < -0.39 is 22.0 Å². The first-order valence-corrected chi connectivity index (χ1v) is 8.75. The number of hydrogen-bond donors (Lipinski definition) is 1. The van der Waals surface area contributed by atoms with Crippen LogP contribution in [0.5, 0.6) is 0 Å². The Bertz CT molecular complexity index is 613. The van der Waals surface area contributed by atoms with Crippen LogP contribution in [-0.2, 0) is 20.2 Å². The molecule has 0 aliphatic heterocycles. The van der Waals surface area contributed by atoms with Gasteiger partial charge in [0, 0.05) is 0 Å². The molecule has 6 heteroatoms. The number of nitrogens with one attached hydrogen (secondary N) is 1. The standard InChI is InChI=1S/C16H25NO4S/c1-11(2)10-14(15(18)19)17-22(20,21)13-8-6-12(7-9-13)16(3,4)5/h6-9,11,14,17H,10H2,1-5H3,(H,18,19)/p-1/t14-/m1/s1. The van der Waals surface area contributed by atoms with Crippen LogP contribution in [0.4, 0.5) is 0 Å². The van der Waals surface area contributed by atoms with Crippen LogP contribution in [0.2, 0.25) is 0 Å². The maximum Gasteiger partial charge on any atom is 0.241 e. The van der Waals surface area contributed by atoms with Gasteiger partial charge in [-0.05, 0) is 35.4 Å². The molecule has 0 aliphatic rings. The minimum absolute atomic E-state index is 0.0360. The van der Waals surface area contributed by atoms with Crippen LogP contribution < -0.4 is 9.83 Å². The van der Waals surface area contributed by atoms with Crippen molar-refractivity contribution in [2.75, 3.05) is 0 Å². The van der Waals surface area contributed by atoms with E-state index in [1.807, 2.05) is 34.6 Å². The highest BCUT2D eigenvalue weighted by molar-refractivity contribution is 7.89. The molecule has 1 atom stereocenters. The van der Waals surface area contributed by atoms with Gasteiger partial charge in [-0.2, -0.15) is 0 Å². The van der Waals surface area contributed by atoms with Crippen molar-refractivity contribution in [2.24, 2.45) is 5.92 Å². The average Bonchev–Trinajstić information content (AvgIpc) is 2.36. The van der Waals surface area contributed by atoms with Gasteiger partial charge in [0.25, 0.3) is 0 Å². The monoisotopic (exact) mass is 326 g/mol. The fraction of sp³-hybridized carbons (Fsp3) is 0.562. The molecule has 0 unspecified atom stereocenters. The van der Waals surface area contributed by atoms with E-state index in [0.717, 1.165) is 5.56 Å². The zero-order valence-electron chi connectivity index (χ0n) is 13.7. The number of carboxylic acids is 1. The lowest BCUT2D eigenvalue weighted by molar-refractivity contribution is -0.308. The van der Waals surface area contributed by atoms with E-state index in [1.165, 1.54) is 12.1 Å². The van der Waals surface area contributed by atoms with E-state index in [-0.39, 0.29) is 22.6 Å². The number of carboxylic acid groups (broad SMARTS) is 1. The summed E-state index contributed by atoms with van der Waals surface area (Å²) in [6.45, 7) is 9.74. The molecule has 124 valence electrons. The number of sulfonamides is 1. The highest BCUT2D eigenvalue weighted by atomic mass is 32.2. The van der Waals surface area contributed by atoms with Gasteiger partial charge in [-0.25, -0.2) is 13.1 Å². The Hall–Kier alpha value is -1.40. The van der Waals surface area contributed by atoms with Crippen LogP contribution >= 0.6 is 0 Å². The number of rotatable bonds is 6. The largest absolute Gasteiger partial charge is 0.548 e. The predicted octanol–water partition coefficient (Wildman–Crippen LogP) is 1.43. The first-order chi connectivity index (χ1) is 9.93. The van der Waals surface area contributed by atoms with Gasteiger partial charge in [0.05, 0.1) is 16.9 Å². The highest BCUT2D eigenvalue weighted by Crippen LogP contribution is 2.23. The number of carbonyl (C=O) groups is 1. The molecule has 22 heavy (non-hydrogen) atoms. The Morgan fingerprint density at radius 3 is 2.05 bits per heavy atom. The summed E-state index contributed by atoms with van der Waals surface area (Å²) < 4.78 is 26.8. The summed E-state index contributed by atoms with van der Waals surface area (Å²) in [4.78, 5) is 11.1. The summed E-state index contributed by atoms with van der Waals surface area (Å²) in [7, 11) is -3.88. The minimum atomic E-state index is -3.88. The maximum atomic E-state index is 12.3. The average molecular weight is 326 g/mol. The SMILES string of the molecule is CC(C)C[C@@H](NS(=O)(=O)c1ccc(C(C)(C)C)cc1)C(=O)[O-]. The van der Waals surface area contributed by atoms with E-state index in [1.54, 1.807) is 12.1 Å². The summed E-state index contributed by atoms with van der Waals surface area (Å²) >= 11 is 0. The lowest BCUT2D eigenvalue weighted by atomic mass is 9.87. The van der Waals surface area contributed by atoms with Crippen LogP contribution in [0.1, 0.15) is 46.6 Å². The van der Waals surface area contributed by atoms with Crippen molar-refractivity contribution in [3.05, 3.63) is 29.8 Å². The molecule has 5 nitrogen and oxygen atoms in total. The number of hydrogen-bond acceptors (Lipinski definition) is 4. The summed E-state index contributed by atoms with van der Waals surface area (Å²) in [5, 5.41) is 11.1. The van der Waals surface area contributed by atoms with Crippen LogP contribution in [0.3, 0.4) is 0 Å². The van der Waals surface area contributed by atoms with Gasteiger partial charge in [0.2, 0.25) is 10.0 Å². The molecule has 0 bridgehead atoms. The van der Waals surface area contributed by atoms with E-state index in [4.69, 9.17) is 0 Å². The van der Waals surface area contributed by atoms with Crippen LogP contribution in [0.25, 0.3) is 0 Å². The number of carbonyl (C=O) groups excluding carboxylic acids is 1. The van der Waals surface area contributed by atoms with Gasteiger partial charge in [-0.1, -0.05) is 46.8 Å². The third kappa shape index (κ3) is 5.10.